The second-order valence-electron chi connectivity index (χ2n) is 12.0. The highest BCUT2D eigenvalue weighted by Gasteiger charge is 2.56. The maximum atomic E-state index is 13.4. The quantitative estimate of drug-likeness (QED) is 0.411. The molecule has 1 aliphatic heterocycles. The minimum atomic E-state index is -1.11. The molecule has 7 unspecified atom stereocenters. The van der Waals surface area contributed by atoms with E-state index in [1.165, 1.54) is 13.5 Å². The molecule has 1 aromatic carbocycles. The molecular formula is C30H40N2O7. The lowest BCUT2D eigenvalue weighted by Gasteiger charge is -2.61. The van der Waals surface area contributed by atoms with E-state index in [1.54, 1.807) is 23.1 Å². The summed E-state index contributed by atoms with van der Waals surface area (Å²) in [5.74, 6) is 1.13. The lowest BCUT2D eigenvalue weighted by atomic mass is 9.45. The molecule has 4 aliphatic carbocycles. The van der Waals surface area contributed by atoms with E-state index in [0.717, 1.165) is 18.8 Å². The van der Waals surface area contributed by atoms with Crippen molar-refractivity contribution in [2.24, 2.45) is 23.2 Å². The number of nitrogens with one attached hydrogen (secondary N) is 1. The summed E-state index contributed by atoms with van der Waals surface area (Å²) in [6, 6.07) is 2.45. The Morgan fingerprint density at radius 1 is 1.28 bits per heavy atom. The molecule has 0 spiro atoms. The molecule has 2 bridgehead atoms. The molecule has 9 nitrogen and oxygen atoms in total. The Morgan fingerprint density at radius 3 is 2.67 bits per heavy atom. The van der Waals surface area contributed by atoms with Gasteiger partial charge >= 0.3 is 0 Å². The zero-order chi connectivity index (χ0) is 28.1. The van der Waals surface area contributed by atoms with Crippen molar-refractivity contribution in [3.63, 3.8) is 0 Å². The number of aliphatic hydroxyl groups is 2. The summed E-state index contributed by atoms with van der Waals surface area (Å²) in [4.78, 5) is 40.2. The molecular weight excluding hydrogens is 500 g/mol. The highest BCUT2D eigenvalue weighted by molar-refractivity contribution is 5.96. The fourth-order valence-electron chi connectivity index (χ4n) is 7.59. The molecule has 3 N–H and O–H groups in total. The first-order chi connectivity index (χ1) is 18.7. The third-order valence-corrected chi connectivity index (χ3v) is 9.83. The Hall–Kier alpha value is -2.91. The second kappa shape index (κ2) is 10.6. The Balaban J connectivity index is 1.54. The van der Waals surface area contributed by atoms with E-state index in [1.807, 2.05) is 6.92 Å². The van der Waals surface area contributed by atoms with Gasteiger partial charge in [0.25, 0.3) is 0 Å². The predicted molar refractivity (Wildman–Crippen MR) is 144 cm³/mol. The van der Waals surface area contributed by atoms with Gasteiger partial charge in [-0.15, -0.1) is 0 Å². The first kappa shape index (κ1) is 27.6. The summed E-state index contributed by atoms with van der Waals surface area (Å²) in [7, 11) is 1.47. The number of rotatable bonds is 9. The molecule has 0 aromatic heterocycles. The van der Waals surface area contributed by atoms with Crippen molar-refractivity contribution in [2.75, 3.05) is 26.8 Å². The third-order valence-electron chi connectivity index (χ3n) is 9.83. The fourth-order valence-corrected chi connectivity index (χ4v) is 7.59. The number of carbonyl (C=O) groups is 3. The van der Waals surface area contributed by atoms with Crippen LogP contribution in [-0.2, 0) is 9.59 Å². The van der Waals surface area contributed by atoms with Gasteiger partial charge in [0.1, 0.15) is 18.5 Å². The number of carbonyl (C=O) groups excluding carboxylic acids is 3. The maximum Gasteiger partial charge on any atom is 0.247 e. The normalized spacial score (nSPS) is 31.5. The Kier molecular flexibility index (Phi) is 7.50. The summed E-state index contributed by atoms with van der Waals surface area (Å²) in [6.45, 7) is 6.79. The third kappa shape index (κ3) is 4.53. The van der Waals surface area contributed by atoms with Gasteiger partial charge in [-0.1, -0.05) is 20.8 Å². The summed E-state index contributed by atoms with van der Waals surface area (Å²) >= 11 is 0. The number of hydrogen-bond donors (Lipinski definition) is 3. The van der Waals surface area contributed by atoms with E-state index >= 15 is 0 Å². The van der Waals surface area contributed by atoms with Gasteiger partial charge in [-0.25, -0.2) is 0 Å². The number of fused-ring (bicyclic) bond motifs is 5. The number of hydrogen-bond acceptors (Lipinski definition) is 7. The van der Waals surface area contributed by atoms with Crippen LogP contribution in [0.2, 0.25) is 0 Å². The van der Waals surface area contributed by atoms with Crippen LogP contribution in [0.1, 0.15) is 68.3 Å². The van der Waals surface area contributed by atoms with E-state index in [0.29, 0.717) is 52.9 Å². The van der Waals surface area contributed by atoms with Crippen LogP contribution in [0.15, 0.2) is 23.8 Å². The minimum Gasteiger partial charge on any atom is -0.493 e. The van der Waals surface area contributed by atoms with Crippen LogP contribution in [0.25, 0.3) is 0 Å². The molecule has 3 fully saturated rings. The summed E-state index contributed by atoms with van der Waals surface area (Å²) < 4.78 is 11.8. The standard InChI is InChI=1S/C30H40N2O7/c1-5-24(35)32(14-17-6-7-18-12-21(17)30(18,2)3)22-13-20(29(37)31-8-9-33)25-19-10-16(15-34)11-23(38-4)27(19)39-28(25)26(22)36/h10-11,13,15,17-18,21-22,25-26,28,33,36H,5-9,12,14H2,1-4H3,(H,31,37). The summed E-state index contributed by atoms with van der Waals surface area (Å²) in [5, 5.41) is 23.8. The van der Waals surface area contributed by atoms with Crippen LogP contribution in [0, 0.1) is 23.2 Å². The van der Waals surface area contributed by atoms with Gasteiger partial charge in [0.2, 0.25) is 11.8 Å². The highest BCUT2D eigenvalue weighted by Crippen LogP contribution is 2.61. The minimum absolute atomic E-state index is 0.0593. The lowest BCUT2D eigenvalue weighted by Crippen LogP contribution is -2.59. The monoisotopic (exact) mass is 540 g/mol. The van der Waals surface area contributed by atoms with Gasteiger partial charge in [0.15, 0.2) is 11.5 Å². The fraction of sp³-hybridized carbons (Fsp3) is 0.633. The molecule has 0 radical (unpaired) electrons. The zero-order valence-corrected chi connectivity index (χ0v) is 23.2. The van der Waals surface area contributed by atoms with Gasteiger partial charge in [0, 0.05) is 36.2 Å². The zero-order valence-electron chi connectivity index (χ0n) is 23.2. The van der Waals surface area contributed by atoms with Crippen LogP contribution in [-0.4, -0.2) is 78.3 Å². The number of aliphatic hydroxyl groups excluding tert-OH is 2. The average Bonchev–Trinajstić information content (AvgIpc) is 3.34. The van der Waals surface area contributed by atoms with E-state index in [2.05, 4.69) is 19.2 Å². The SMILES string of the molecule is CCC(=O)N(CC1CCC2CC1C2(C)C)C1C=C(C(=O)NCCO)C2c3cc(C=O)cc(OC)c3OC2C1O. The molecule has 1 heterocycles. The van der Waals surface area contributed by atoms with Crippen LogP contribution in [0.4, 0.5) is 0 Å². The Labute approximate surface area is 229 Å². The topological polar surface area (TPSA) is 125 Å². The number of benzene rings is 1. The van der Waals surface area contributed by atoms with E-state index < -0.39 is 30.1 Å². The first-order valence-corrected chi connectivity index (χ1v) is 14.1. The van der Waals surface area contributed by atoms with E-state index in [9.17, 15) is 24.6 Å². The van der Waals surface area contributed by atoms with Crippen LogP contribution >= 0.6 is 0 Å². The predicted octanol–water partition coefficient (Wildman–Crippen LogP) is 2.44. The van der Waals surface area contributed by atoms with Gasteiger partial charge in [-0.05, 0) is 60.6 Å². The van der Waals surface area contributed by atoms with Gasteiger partial charge < -0.3 is 29.9 Å². The van der Waals surface area contributed by atoms with E-state index in [-0.39, 0.29) is 30.9 Å². The average molecular weight is 541 g/mol. The number of amides is 2. The summed E-state index contributed by atoms with van der Waals surface area (Å²) in [6.07, 6.45) is 4.06. The van der Waals surface area contributed by atoms with Crippen LogP contribution in [0.5, 0.6) is 11.5 Å². The van der Waals surface area contributed by atoms with Crippen molar-refractivity contribution >= 4 is 18.1 Å². The van der Waals surface area contributed by atoms with E-state index in [4.69, 9.17) is 9.47 Å². The van der Waals surface area contributed by atoms with Crippen LogP contribution < -0.4 is 14.8 Å². The van der Waals surface area contributed by atoms with Crippen molar-refractivity contribution in [3.05, 3.63) is 34.9 Å². The molecule has 5 aliphatic rings. The van der Waals surface area contributed by atoms with Gasteiger partial charge in [-0.2, -0.15) is 0 Å². The Morgan fingerprint density at radius 2 is 2.05 bits per heavy atom. The second-order valence-corrected chi connectivity index (χ2v) is 12.0. The number of aldehydes is 1. The van der Waals surface area contributed by atoms with Gasteiger partial charge in [0.05, 0.1) is 25.7 Å². The maximum absolute atomic E-state index is 13.4. The largest absolute Gasteiger partial charge is 0.493 e. The van der Waals surface area contributed by atoms with Gasteiger partial charge in [-0.3, -0.25) is 14.4 Å². The van der Waals surface area contributed by atoms with Crippen molar-refractivity contribution in [1.29, 1.82) is 0 Å². The highest BCUT2D eigenvalue weighted by atomic mass is 16.5. The van der Waals surface area contributed by atoms with Crippen molar-refractivity contribution in [1.82, 2.24) is 10.2 Å². The molecule has 2 amide bonds. The first-order valence-electron chi connectivity index (χ1n) is 14.1. The van der Waals surface area contributed by atoms with Crippen molar-refractivity contribution in [3.8, 4) is 11.5 Å². The number of nitrogens with zero attached hydrogens (tertiary/aromatic N) is 1. The Bertz CT molecular complexity index is 1180. The number of ether oxygens (including phenoxy) is 2. The molecule has 6 rings (SSSR count). The molecule has 0 saturated heterocycles. The molecule has 212 valence electrons. The van der Waals surface area contributed by atoms with Crippen LogP contribution in [0.3, 0.4) is 0 Å². The smallest absolute Gasteiger partial charge is 0.247 e. The summed E-state index contributed by atoms with van der Waals surface area (Å²) in [5.41, 5.74) is 1.53. The molecule has 3 saturated carbocycles. The number of methoxy groups -OCH3 is 1. The van der Waals surface area contributed by atoms with Crippen molar-refractivity contribution in [2.45, 2.75) is 70.6 Å². The molecule has 9 heteroatoms. The van der Waals surface area contributed by atoms with Crippen molar-refractivity contribution < 1.29 is 34.1 Å². The molecule has 39 heavy (non-hydrogen) atoms. The lowest BCUT2D eigenvalue weighted by molar-refractivity contribution is -0.146. The molecule has 7 atom stereocenters. The molecule has 1 aromatic rings.